The molecule has 1 amide bonds. The van der Waals surface area contributed by atoms with Gasteiger partial charge in [-0.2, -0.15) is 5.26 Å². The van der Waals surface area contributed by atoms with Gasteiger partial charge in [-0.3, -0.25) is 9.69 Å². The maximum absolute atomic E-state index is 12.1. The Morgan fingerprint density at radius 2 is 2.13 bits per heavy atom. The van der Waals surface area contributed by atoms with Crippen LogP contribution >= 0.6 is 11.8 Å². The fourth-order valence-electron chi connectivity index (χ4n) is 3.63. The van der Waals surface area contributed by atoms with Crippen LogP contribution in [0.15, 0.2) is 51.8 Å². The van der Waals surface area contributed by atoms with Crippen molar-refractivity contribution in [2.24, 2.45) is 0 Å². The number of carbonyl (C=O) groups excluding carboxylic acids is 1. The second-order valence-electron chi connectivity index (χ2n) is 7.36. The number of hydrogen-bond acceptors (Lipinski definition) is 8. The lowest BCUT2D eigenvalue weighted by molar-refractivity contribution is -0.118. The molecule has 0 radical (unpaired) electrons. The average Bonchev–Trinajstić information content (AvgIpc) is 2.74. The Morgan fingerprint density at radius 1 is 1.37 bits per heavy atom. The van der Waals surface area contributed by atoms with E-state index in [-0.39, 0.29) is 17.4 Å². The van der Waals surface area contributed by atoms with Crippen molar-refractivity contribution in [2.45, 2.75) is 42.3 Å². The lowest BCUT2D eigenvalue weighted by Crippen LogP contribution is -2.44. The molecule has 1 aromatic carbocycles. The van der Waals surface area contributed by atoms with E-state index in [1.54, 1.807) is 30.2 Å². The summed E-state index contributed by atoms with van der Waals surface area (Å²) in [6, 6.07) is 8.16. The molecule has 0 bridgehead atoms. The SMILES string of the molecule is C/C(O)=C(/C#N)C(=O)NC1CCN(Cc2ccc3c(c2)Nc2nccnc2S3)CC1. The van der Waals surface area contributed by atoms with E-state index in [1.807, 2.05) is 0 Å². The molecule has 0 saturated carbocycles. The molecule has 1 fully saturated rings. The summed E-state index contributed by atoms with van der Waals surface area (Å²) in [5.74, 6) is 0.0328. The Morgan fingerprint density at radius 3 is 2.87 bits per heavy atom. The minimum atomic E-state index is -0.502. The molecule has 2 aromatic rings. The van der Waals surface area contributed by atoms with Crippen LogP contribution in [0.4, 0.5) is 11.5 Å². The zero-order chi connectivity index (χ0) is 21.1. The van der Waals surface area contributed by atoms with E-state index in [0.29, 0.717) is 0 Å². The third kappa shape index (κ3) is 4.40. The molecule has 2 aliphatic heterocycles. The van der Waals surface area contributed by atoms with E-state index >= 15 is 0 Å². The molecule has 30 heavy (non-hydrogen) atoms. The van der Waals surface area contributed by atoms with E-state index in [9.17, 15) is 9.90 Å². The maximum Gasteiger partial charge on any atom is 0.265 e. The van der Waals surface area contributed by atoms with Gasteiger partial charge >= 0.3 is 0 Å². The maximum atomic E-state index is 12.1. The standard InChI is InChI=1S/C21H22N6O2S/c1-13(28)16(11-22)20(29)25-15-4-8-27(9-5-15)12-14-2-3-18-17(10-14)26-19-21(30-18)24-7-6-23-19/h2-3,6-7,10,15,28H,4-5,8-9,12H2,1H3,(H,23,26)(H,25,29)/b16-13+. The van der Waals surface area contributed by atoms with Crippen LogP contribution in [0.5, 0.6) is 0 Å². The highest BCUT2D eigenvalue weighted by atomic mass is 32.2. The first-order chi connectivity index (χ1) is 14.5. The number of allylic oxidation sites excluding steroid dienone is 1. The highest BCUT2D eigenvalue weighted by molar-refractivity contribution is 7.99. The molecular formula is C21H22N6O2S. The molecule has 3 N–H and O–H groups in total. The molecule has 154 valence electrons. The highest BCUT2D eigenvalue weighted by Gasteiger charge is 2.24. The number of benzene rings is 1. The third-order valence-electron chi connectivity index (χ3n) is 5.20. The number of rotatable bonds is 4. The van der Waals surface area contributed by atoms with Crippen LogP contribution in [0.25, 0.3) is 0 Å². The quantitative estimate of drug-likeness (QED) is 0.334. The van der Waals surface area contributed by atoms with Gasteiger partial charge < -0.3 is 15.7 Å². The summed E-state index contributed by atoms with van der Waals surface area (Å²) in [5, 5.41) is 25.5. The van der Waals surface area contributed by atoms with Gasteiger partial charge in [-0.15, -0.1) is 0 Å². The van der Waals surface area contributed by atoms with Crippen LogP contribution in [0.1, 0.15) is 25.3 Å². The van der Waals surface area contributed by atoms with Crippen molar-refractivity contribution in [3.8, 4) is 6.07 Å². The van der Waals surface area contributed by atoms with Crippen LogP contribution in [0.3, 0.4) is 0 Å². The summed E-state index contributed by atoms with van der Waals surface area (Å²) in [5.41, 5.74) is 2.04. The van der Waals surface area contributed by atoms with Crippen LogP contribution in [-0.4, -0.2) is 45.0 Å². The van der Waals surface area contributed by atoms with Crippen LogP contribution < -0.4 is 10.6 Å². The molecule has 8 nitrogen and oxygen atoms in total. The Kier molecular flexibility index (Phi) is 5.88. The molecule has 0 spiro atoms. The molecule has 2 aliphatic rings. The molecule has 1 aromatic heterocycles. The number of aromatic nitrogens is 2. The Balaban J connectivity index is 1.33. The van der Waals surface area contributed by atoms with Gasteiger partial charge in [0.2, 0.25) is 0 Å². The highest BCUT2D eigenvalue weighted by Crippen LogP contribution is 2.42. The van der Waals surface area contributed by atoms with Crippen LogP contribution in [0.2, 0.25) is 0 Å². The number of aliphatic hydroxyl groups is 1. The van der Waals surface area contributed by atoms with Gasteiger partial charge in [0, 0.05) is 43.0 Å². The van der Waals surface area contributed by atoms with Gasteiger partial charge in [-0.1, -0.05) is 17.8 Å². The Hall–Kier alpha value is -3.09. The number of piperidine rings is 1. The number of nitrogens with zero attached hydrogens (tertiary/aromatic N) is 4. The Labute approximate surface area is 179 Å². The summed E-state index contributed by atoms with van der Waals surface area (Å²) in [6.45, 7) is 3.87. The molecule has 0 atom stereocenters. The van der Waals surface area contributed by atoms with Crippen molar-refractivity contribution in [3.63, 3.8) is 0 Å². The topological polar surface area (TPSA) is 114 Å². The number of amides is 1. The predicted octanol–water partition coefficient (Wildman–Crippen LogP) is 3.12. The zero-order valence-electron chi connectivity index (χ0n) is 16.6. The summed E-state index contributed by atoms with van der Waals surface area (Å²) < 4.78 is 0. The Bertz CT molecular complexity index is 1040. The smallest absolute Gasteiger partial charge is 0.265 e. The first-order valence-electron chi connectivity index (χ1n) is 9.75. The van der Waals surface area contributed by atoms with Crippen molar-refractivity contribution in [1.82, 2.24) is 20.2 Å². The van der Waals surface area contributed by atoms with Crippen molar-refractivity contribution in [2.75, 3.05) is 18.4 Å². The fraction of sp³-hybridized carbons (Fsp3) is 0.333. The molecule has 9 heteroatoms. The van der Waals surface area contributed by atoms with E-state index in [0.717, 1.165) is 53.9 Å². The van der Waals surface area contributed by atoms with Crippen molar-refractivity contribution < 1.29 is 9.90 Å². The van der Waals surface area contributed by atoms with Crippen LogP contribution in [0, 0.1) is 11.3 Å². The zero-order valence-corrected chi connectivity index (χ0v) is 17.4. The van der Waals surface area contributed by atoms with Gasteiger partial charge in [0.05, 0.1) is 5.69 Å². The van der Waals surface area contributed by atoms with Crippen LogP contribution in [-0.2, 0) is 11.3 Å². The van der Waals surface area contributed by atoms with Gasteiger partial charge in [0.25, 0.3) is 5.91 Å². The number of nitrogens with one attached hydrogen (secondary N) is 2. The average molecular weight is 423 g/mol. The second kappa shape index (κ2) is 8.73. The van der Waals surface area contributed by atoms with Gasteiger partial charge in [-0.25, -0.2) is 9.97 Å². The van der Waals surface area contributed by atoms with Gasteiger partial charge in [-0.05, 0) is 37.5 Å². The number of likely N-dealkylation sites (tertiary alicyclic amines) is 1. The van der Waals surface area contributed by atoms with Crippen molar-refractivity contribution >= 4 is 29.2 Å². The van der Waals surface area contributed by atoms with Gasteiger partial charge in [0.1, 0.15) is 16.9 Å². The third-order valence-corrected chi connectivity index (χ3v) is 6.27. The van der Waals surface area contributed by atoms with Crippen molar-refractivity contribution in [3.05, 3.63) is 47.5 Å². The first-order valence-corrected chi connectivity index (χ1v) is 10.6. The number of aliphatic hydroxyl groups excluding tert-OH is 1. The molecule has 0 unspecified atom stereocenters. The lowest BCUT2D eigenvalue weighted by atomic mass is 10.0. The second-order valence-corrected chi connectivity index (χ2v) is 8.39. The predicted molar refractivity (Wildman–Crippen MR) is 113 cm³/mol. The molecule has 1 saturated heterocycles. The number of carbonyl (C=O) groups is 1. The molecule has 3 heterocycles. The van der Waals surface area contributed by atoms with E-state index < -0.39 is 5.91 Å². The summed E-state index contributed by atoms with van der Waals surface area (Å²) in [7, 11) is 0. The number of fused-ring (bicyclic) bond motifs is 2. The normalized spacial score (nSPS) is 17.1. The monoisotopic (exact) mass is 422 g/mol. The number of nitriles is 1. The van der Waals surface area contributed by atoms with Crippen molar-refractivity contribution in [1.29, 1.82) is 5.26 Å². The largest absolute Gasteiger partial charge is 0.511 e. The van der Waals surface area contributed by atoms with E-state index in [4.69, 9.17) is 5.26 Å². The number of anilines is 2. The summed E-state index contributed by atoms with van der Waals surface area (Å²) in [4.78, 5) is 24.3. The lowest BCUT2D eigenvalue weighted by Gasteiger charge is -2.32. The van der Waals surface area contributed by atoms with E-state index in [2.05, 4.69) is 43.7 Å². The molecule has 4 rings (SSSR count). The molecular weight excluding hydrogens is 400 g/mol. The minimum Gasteiger partial charge on any atom is -0.511 e. The first kappa shape index (κ1) is 20.2. The fourth-order valence-corrected chi connectivity index (χ4v) is 4.51. The number of hydrogen-bond donors (Lipinski definition) is 3. The summed E-state index contributed by atoms with van der Waals surface area (Å²) >= 11 is 1.61. The van der Waals surface area contributed by atoms with E-state index in [1.165, 1.54) is 12.5 Å². The minimum absolute atomic E-state index is 0.00752. The van der Waals surface area contributed by atoms with Gasteiger partial charge in [0.15, 0.2) is 11.4 Å². The summed E-state index contributed by atoms with van der Waals surface area (Å²) in [6.07, 6.45) is 4.98. The molecule has 0 aliphatic carbocycles.